The fraction of sp³-hybridized carbons (Fsp3) is 0.708. The van der Waals surface area contributed by atoms with Crippen molar-refractivity contribution in [2.45, 2.75) is 76.1 Å². The summed E-state index contributed by atoms with van der Waals surface area (Å²) >= 11 is 3.12. The van der Waals surface area contributed by atoms with Crippen molar-refractivity contribution in [3.63, 3.8) is 0 Å². The highest BCUT2D eigenvalue weighted by Gasteiger charge is 2.77. The smallest absolute Gasteiger partial charge is 0.306 e. The largest absolute Gasteiger partial charge is 0.481 e. The topological polar surface area (TPSA) is 132 Å². The molecule has 0 bridgehead atoms. The van der Waals surface area contributed by atoms with E-state index in [1.165, 1.54) is 19.9 Å². The SMILES string of the molecule is CC1C[C@H]2[C@@H]3CC(F)C4=CC(=O)C(Br)=C[C@]4(C)[C@@]3(F)C(O)C[C@]2(C)[C@@]1(O)C(=O)C(O)CC(=O)O. The Morgan fingerprint density at radius 3 is 2.47 bits per heavy atom. The number of halogens is 3. The average molecular weight is 547 g/mol. The zero-order valence-corrected chi connectivity index (χ0v) is 20.7. The van der Waals surface area contributed by atoms with Gasteiger partial charge in [-0.05, 0) is 65.6 Å². The second kappa shape index (κ2) is 7.75. The molecular weight excluding hydrogens is 518 g/mol. The number of alkyl halides is 2. The Bertz CT molecular complexity index is 1030. The van der Waals surface area contributed by atoms with Crippen LogP contribution in [0.15, 0.2) is 22.2 Å². The molecule has 0 saturated heterocycles. The van der Waals surface area contributed by atoms with Crippen molar-refractivity contribution in [1.29, 1.82) is 0 Å². The van der Waals surface area contributed by atoms with Gasteiger partial charge in [0.1, 0.15) is 17.9 Å². The fourth-order valence-electron chi connectivity index (χ4n) is 7.63. The fourth-order valence-corrected chi connectivity index (χ4v) is 8.20. The van der Waals surface area contributed by atoms with E-state index in [0.29, 0.717) is 0 Å². The number of carbonyl (C=O) groups is 3. The molecule has 0 amide bonds. The summed E-state index contributed by atoms with van der Waals surface area (Å²) in [5.41, 5.74) is -7.75. The summed E-state index contributed by atoms with van der Waals surface area (Å²) in [6.07, 6.45) is -4.50. The number of carboxylic acid groups (broad SMARTS) is 1. The average Bonchev–Trinajstić information content (AvgIpc) is 2.93. The number of aliphatic hydroxyl groups is 3. The summed E-state index contributed by atoms with van der Waals surface area (Å²) in [5, 5.41) is 42.2. The third-order valence-electron chi connectivity index (χ3n) is 9.32. The molecule has 7 nitrogen and oxygen atoms in total. The minimum Gasteiger partial charge on any atom is -0.481 e. The molecule has 10 heteroatoms. The minimum atomic E-state index is -2.39. The first-order chi connectivity index (χ1) is 15.6. The van der Waals surface area contributed by atoms with Crippen LogP contribution in [0.4, 0.5) is 8.78 Å². The van der Waals surface area contributed by atoms with Crippen LogP contribution in [-0.4, -0.2) is 67.6 Å². The molecule has 0 aromatic carbocycles. The van der Waals surface area contributed by atoms with Gasteiger partial charge in [0.25, 0.3) is 0 Å². The van der Waals surface area contributed by atoms with Gasteiger partial charge in [-0.3, -0.25) is 14.4 Å². The predicted molar refractivity (Wildman–Crippen MR) is 119 cm³/mol. The maximum atomic E-state index is 17.2. The number of hydrogen-bond donors (Lipinski definition) is 4. The maximum absolute atomic E-state index is 17.2. The molecule has 34 heavy (non-hydrogen) atoms. The highest BCUT2D eigenvalue weighted by atomic mass is 79.9. The second-order valence-electron chi connectivity index (χ2n) is 10.9. The molecule has 4 aliphatic rings. The van der Waals surface area contributed by atoms with Crippen LogP contribution >= 0.6 is 15.9 Å². The Kier molecular flexibility index (Phi) is 5.84. The quantitative estimate of drug-likeness (QED) is 0.425. The summed E-state index contributed by atoms with van der Waals surface area (Å²) in [5.74, 6) is -5.66. The highest BCUT2D eigenvalue weighted by Crippen LogP contribution is 2.71. The Morgan fingerprint density at radius 2 is 1.88 bits per heavy atom. The van der Waals surface area contributed by atoms with Crippen molar-refractivity contribution < 1.29 is 43.6 Å². The van der Waals surface area contributed by atoms with Crippen LogP contribution < -0.4 is 0 Å². The van der Waals surface area contributed by atoms with Crippen LogP contribution in [0, 0.1) is 28.6 Å². The van der Waals surface area contributed by atoms with Crippen molar-refractivity contribution in [3.05, 3.63) is 22.2 Å². The van der Waals surface area contributed by atoms with Crippen molar-refractivity contribution in [1.82, 2.24) is 0 Å². The number of aliphatic hydroxyl groups excluding tert-OH is 2. The first-order valence-electron chi connectivity index (χ1n) is 11.4. The Labute approximate surface area is 204 Å². The Morgan fingerprint density at radius 1 is 1.26 bits per heavy atom. The molecule has 10 atom stereocenters. The maximum Gasteiger partial charge on any atom is 0.306 e. The highest BCUT2D eigenvalue weighted by molar-refractivity contribution is 9.12. The van der Waals surface area contributed by atoms with Gasteiger partial charge in [-0.2, -0.15) is 0 Å². The van der Waals surface area contributed by atoms with E-state index in [-0.39, 0.29) is 29.3 Å². The van der Waals surface area contributed by atoms with Crippen molar-refractivity contribution >= 4 is 33.5 Å². The molecule has 3 fully saturated rings. The number of aliphatic carboxylic acids is 1. The molecule has 188 valence electrons. The molecule has 0 heterocycles. The van der Waals surface area contributed by atoms with E-state index in [9.17, 15) is 29.7 Å². The molecule has 0 aliphatic heterocycles. The molecule has 0 aromatic heterocycles. The van der Waals surface area contributed by atoms with Gasteiger partial charge >= 0.3 is 5.97 Å². The number of rotatable bonds is 4. The van der Waals surface area contributed by atoms with Gasteiger partial charge < -0.3 is 20.4 Å². The number of carboxylic acids is 1. The number of Topliss-reactive ketones (excluding diaryl/α,β-unsaturated/α-hetero) is 1. The molecule has 0 spiro atoms. The van der Waals surface area contributed by atoms with Gasteiger partial charge in [0, 0.05) is 16.7 Å². The molecule has 4 unspecified atom stereocenters. The predicted octanol–water partition coefficient (Wildman–Crippen LogP) is 2.41. The first kappa shape index (κ1) is 25.6. The van der Waals surface area contributed by atoms with Gasteiger partial charge in [0.2, 0.25) is 0 Å². The lowest BCUT2D eigenvalue weighted by Gasteiger charge is -2.63. The van der Waals surface area contributed by atoms with Gasteiger partial charge in [-0.25, -0.2) is 8.78 Å². The Hall–Kier alpha value is -1.49. The van der Waals surface area contributed by atoms with Gasteiger partial charge in [0.15, 0.2) is 17.2 Å². The third kappa shape index (κ3) is 2.97. The van der Waals surface area contributed by atoms with Crippen molar-refractivity contribution in [2.24, 2.45) is 28.6 Å². The van der Waals surface area contributed by atoms with Crippen molar-refractivity contribution in [3.8, 4) is 0 Å². The van der Waals surface area contributed by atoms with E-state index in [1.807, 2.05) is 0 Å². The minimum absolute atomic E-state index is 0.0450. The number of ketones is 2. The Balaban J connectivity index is 1.82. The molecule has 0 aromatic rings. The standard InChI is InChI=1S/C24H29BrF2O7/c1-10-4-11-12-5-15(26)13-6-16(28)14(25)8-21(13,2)23(12,27)18(30)9-22(11,3)24(10,34)20(33)17(29)7-19(31)32/h6,8,10-12,15,17-18,29-30,34H,4-5,7,9H2,1-3H3,(H,31,32)/t10?,11-,12-,15?,17?,18?,21-,22-,23-,24-/m0/s1. The van der Waals surface area contributed by atoms with E-state index in [0.717, 1.165) is 6.08 Å². The number of allylic oxidation sites excluding steroid dienone is 4. The first-order valence-corrected chi connectivity index (χ1v) is 12.2. The van der Waals surface area contributed by atoms with E-state index in [4.69, 9.17) is 5.11 Å². The van der Waals surface area contributed by atoms with Crippen molar-refractivity contribution in [2.75, 3.05) is 0 Å². The van der Waals surface area contributed by atoms with Crippen LogP contribution in [0.5, 0.6) is 0 Å². The summed E-state index contributed by atoms with van der Waals surface area (Å²) in [6, 6.07) is 0. The van der Waals surface area contributed by atoms with Crippen LogP contribution in [-0.2, 0) is 14.4 Å². The number of hydrogen-bond acceptors (Lipinski definition) is 6. The van der Waals surface area contributed by atoms with E-state index < -0.39 is 82.2 Å². The van der Waals surface area contributed by atoms with Gasteiger partial charge in [-0.1, -0.05) is 19.9 Å². The van der Waals surface area contributed by atoms with Gasteiger partial charge in [-0.15, -0.1) is 0 Å². The van der Waals surface area contributed by atoms with Crippen LogP contribution in [0.25, 0.3) is 0 Å². The normalized spacial score (nSPS) is 48.7. The van der Waals surface area contributed by atoms with E-state index >= 15 is 8.78 Å². The second-order valence-corrected chi connectivity index (χ2v) is 11.7. The lowest BCUT2D eigenvalue weighted by atomic mass is 9.44. The molecule has 4 rings (SSSR count). The summed E-state index contributed by atoms with van der Waals surface area (Å²) in [4.78, 5) is 36.4. The third-order valence-corrected chi connectivity index (χ3v) is 9.93. The van der Waals surface area contributed by atoms with Crippen LogP contribution in [0.1, 0.15) is 46.5 Å². The van der Waals surface area contributed by atoms with E-state index in [2.05, 4.69) is 15.9 Å². The zero-order chi connectivity index (χ0) is 25.6. The molecule has 3 saturated carbocycles. The summed E-state index contributed by atoms with van der Waals surface area (Å²) < 4.78 is 32.7. The zero-order valence-electron chi connectivity index (χ0n) is 19.1. The molecule has 4 N–H and O–H groups in total. The lowest BCUT2D eigenvalue weighted by molar-refractivity contribution is -0.225. The van der Waals surface area contributed by atoms with Gasteiger partial charge in [0.05, 0.1) is 17.0 Å². The summed E-state index contributed by atoms with van der Waals surface area (Å²) in [6.45, 7) is 4.52. The molecular formula is C24H29BrF2O7. The summed E-state index contributed by atoms with van der Waals surface area (Å²) in [7, 11) is 0. The monoisotopic (exact) mass is 546 g/mol. The van der Waals surface area contributed by atoms with Crippen LogP contribution in [0.2, 0.25) is 0 Å². The lowest BCUT2D eigenvalue weighted by Crippen LogP contribution is -2.71. The number of fused-ring (bicyclic) bond motifs is 5. The van der Waals surface area contributed by atoms with Crippen LogP contribution in [0.3, 0.4) is 0 Å². The molecule has 4 aliphatic carbocycles. The number of carbonyl (C=O) groups excluding carboxylic acids is 2. The molecule has 0 radical (unpaired) electrons. The van der Waals surface area contributed by atoms with E-state index in [1.54, 1.807) is 6.92 Å².